The van der Waals surface area contributed by atoms with Gasteiger partial charge in [0.1, 0.15) is 11.6 Å². The Hall–Kier alpha value is -2.41. The zero-order valence-electron chi connectivity index (χ0n) is 14.3. The minimum atomic E-state index is -0.268. The summed E-state index contributed by atoms with van der Waals surface area (Å²) < 4.78 is 20.3. The van der Waals surface area contributed by atoms with Gasteiger partial charge in [0.15, 0.2) is 0 Å². The number of aromatic nitrogens is 2. The van der Waals surface area contributed by atoms with Gasteiger partial charge in [0, 0.05) is 25.7 Å². The summed E-state index contributed by atoms with van der Waals surface area (Å²) in [7, 11) is 1.81. The molecule has 1 fully saturated rings. The summed E-state index contributed by atoms with van der Waals surface area (Å²) in [6.07, 6.45) is 5.51. The highest BCUT2D eigenvalue weighted by atomic mass is 19.1. The van der Waals surface area contributed by atoms with E-state index in [-0.39, 0.29) is 11.7 Å². The number of piperidine rings is 1. The molecule has 1 saturated heterocycles. The van der Waals surface area contributed by atoms with E-state index in [2.05, 4.69) is 15.3 Å². The summed E-state index contributed by atoms with van der Waals surface area (Å²) >= 11 is 0. The number of anilines is 1. The number of carbonyl (C=O) groups is 1. The first-order valence-corrected chi connectivity index (χ1v) is 8.48. The number of likely N-dealkylation sites (tertiary alicyclic amines) is 1. The molecule has 7 heteroatoms. The predicted octanol–water partition coefficient (Wildman–Crippen LogP) is 2.29. The van der Waals surface area contributed by atoms with Crippen molar-refractivity contribution in [2.24, 2.45) is 13.0 Å². The van der Waals surface area contributed by atoms with E-state index >= 15 is 0 Å². The van der Waals surface area contributed by atoms with Crippen molar-refractivity contribution in [3.05, 3.63) is 42.5 Å². The lowest BCUT2D eigenvalue weighted by atomic mass is 9.99. The van der Waals surface area contributed by atoms with Crippen molar-refractivity contribution in [2.45, 2.75) is 12.8 Å². The van der Waals surface area contributed by atoms with Crippen LogP contribution in [0.4, 0.5) is 10.1 Å². The molecule has 1 aromatic carbocycles. The number of hydrogen-bond acceptors (Lipinski definition) is 4. The smallest absolute Gasteiger partial charge is 0.238 e. The number of nitrogens with zero attached hydrogens (tertiary/aromatic N) is 3. The van der Waals surface area contributed by atoms with Gasteiger partial charge < -0.3 is 10.1 Å². The Kier molecular flexibility index (Phi) is 5.65. The summed E-state index contributed by atoms with van der Waals surface area (Å²) in [5.41, 5.74) is 0.709. The second kappa shape index (κ2) is 8.11. The maximum Gasteiger partial charge on any atom is 0.238 e. The molecule has 1 atom stereocenters. The third-order valence-corrected chi connectivity index (χ3v) is 4.26. The normalized spacial score (nSPS) is 18.1. The van der Waals surface area contributed by atoms with Gasteiger partial charge in [-0.2, -0.15) is 5.10 Å². The topological polar surface area (TPSA) is 59.4 Å². The lowest BCUT2D eigenvalue weighted by molar-refractivity contribution is -0.117. The van der Waals surface area contributed by atoms with Crippen molar-refractivity contribution < 1.29 is 13.9 Å². The van der Waals surface area contributed by atoms with Crippen LogP contribution >= 0.6 is 0 Å². The standard InChI is InChI=1S/C18H23FN4O2/c1-22-11-16(9-20-22)21-18(24)12-23-8-2-3-14(10-23)13-25-17-6-4-15(19)5-7-17/h4-7,9,11,14H,2-3,8,10,12-13H2,1H3,(H,21,24). The van der Waals surface area contributed by atoms with Crippen LogP contribution in [0.2, 0.25) is 0 Å². The third kappa shape index (κ3) is 5.29. The zero-order valence-corrected chi connectivity index (χ0v) is 14.3. The monoisotopic (exact) mass is 346 g/mol. The Labute approximate surface area is 146 Å². The highest BCUT2D eigenvalue weighted by Crippen LogP contribution is 2.19. The van der Waals surface area contributed by atoms with Crippen molar-refractivity contribution in [1.29, 1.82) is 0 Å². The highest BCUT2D eigenvalue weighted by molar-refractivity contribution is 5.91. The van der Waals surface area contributed by atoms with Gasteiger partial charge in [0.2, 0.25) is 5.91 Å². The van der Waals surface area contributed by atoms with Crippen LogP contribution in [0.15, 0.2) is 36.7 Å². The fourth-order valence-electron chi connectivity index (χ4n) is 3.07. The number of amides is 1. The van der Waals surface area contributed by atoms with E-state index in [1.165, 1.54) is 12.1 Å². The maximum atomic E-state index is 12.9. The number of halogens is 1. The van der Waals surface area contributed by atoms with Gasteiger partial charge in [-0.3, -0.25) is 14.4 Å². The molecular formula is C18H23FN4O2. The first-order valence-electron chi connectivity index (χ1n) is 8.48. The maximum absolute atomic E-state index is 12.9. The first-order chi connectivity index (χ1) is 12.1. The molecule has 0 aliphatic carbocycles. The Balaban J connectivity index is 1.44. The number of aryl methyl sites for hydroxylation is 1. The Morgan fingerprint density at radius 2 is 2.20 bits per heavy atom. The van der Waals surface area contributed by atoms with Gasteiger partial charge in [-0.15, -0.1) is 0 Å². The Bertz CT molecular complexity index is 701. The van der Waals surface area contributed by atoms with Gasteiger partial charge in [-0.1, -0.05) is 0 Å². The summed E-state index contributed by atoms with van der Waals surface area (Å²) in [4.78, 5) is 14.3. The second-order valence-electron chi connectivity index (χ2n) is 6.46. The molecule has 6 nitrogen and oxygen atoms in total. The molecule has 1 aliphatic rings. The van der Waals surface area contributed by atoms with Crippen LogP contribution in [0.5, 0.6) is 5.75 Å². The van der Waals surface area contributed by atoms with Gasteiger partial charge >= 0.3 is 0 Å². The Morgan fingerprint density at radius 1 is 1.40 bits per heavy atom. The van der Waals surface area contributed by atoms with Gasteiger partial charge in [0.25, 0.3) is 0 Å². The third-order valence-electron chi connectivity index (χ3n) is 4.26. The number of nitrogens with one attached hydrogen (secondary N) is 1. The van der Waals surface area contributed by atoms with E-state index < -0.39 is 0 Å². The Morgan fingerprint density at radius 3 is 2.92 bits per heavy atom. The molecular weight excluding hydrogens is 323 g/mol. The minimum Gasteiger partial charge on any atom is -0.493 e. The predicted molar refractivity (Wildman–Crippen MR) is 92.9 cm³/mol. The van der Waals surface area contributed by atoms with Gasteiger partial charge in [0.05, 0.1) is 25.0 Å². The average molecular weight is 346 g/mol. The van der Waals surface area contributed by atoms with Crippen molar-refractivity contribution in [1.82, 2.24) is 14.7 Å². The highest BCUT2D eigenvalue weighted by Gasteiger charge is 2.22. The molecule has 3 rings (SSSR count). The second-order valence-corrected chi connectivity index (χ2v) is 6.46. The fourth-order valence-corrected chi connectivity index (χ4v) is 3.07. The van der Waals surface area contributed by atoms with Crippen LogP contribution in [0, 0.1) is 11.7 Å². The average Bonchev–Trinajstić information content (AvgIpc) is 2.99. The molecule has 134 valence electrons. The molecule has 1 aliphatic heterocycles. The van der Waals surface area contributed by atoms with Crippen molar-refractivity contribution >= 4 is 11.6 Å². The number of carbonyl (C=O) groups excluding carboxylic acids is 1. The molecule has 1 N–H and O–H groups in total. The van der Waals surface area contributed by atoms with E-state index in [0.29, 0.717) is 30.5 Å². The van der Waals surface area contributed by atoms with E-state index in [1.54, 1.807) is 29.2 Å². The summed E-state index contributed by atoms with van der Waals surface area (Å²) in [5, 5.41) is 6.89. The molecule has 0 bridgehead atoms. The SMILES string of the molecule is Cn1cc(NC(=O)CN2CCCC(COc3ccc(F)cc3)C2)cn1. The molecule has 2 heterocycles. The molecule has 0 radical (unpaired) electrons. The van der Waals surface area contributed by atoms with Crippen molar-refractivity contribution in [3.8, 4) is 5.75 Å². The number of benzene rings is 1. The lowest BCUT2D eigenvalue weighted by Crippen LogP contribution is -2.41. The molecule has 1 aromatic heterocycles. The van der Waals surface area contributed by atoms with Crippen molar-refractivity contribution in [3.63, 3.8) is 0 Å². The van der Waals surface area contributed by atoms with Crippen LogP contribution < -0.4 is 10.1 Å². The molecule has 0 saturated carbocycles. The van der Waals surface area contributed by atoms with E-state index in [9.17, 15) is 9.18 Å². The van der Waals surface area contributed by atoms with Gasteiger partial charge in [-0.05, 0) is 43.7 Å². The largest absolute Gasteiger partial charge is 0.493 e. The summed E-state index contributed by atoms with van der Waals surface area (Å²) in [6, 6.07) is 6.06. The van der Waals surface area contributed by atoms with Crippen LogP contribution in [-0.4, -0.2) is 46.8 Å². The van der Waals surface area contributed by atoms with Crippen LogP contribution in [0.3, 0.4) is 0 Å². The van der Waals surface area contributed by atoms with E-state index in [1.807, 2.05) is 7.05 Å². The molecule has 25 heavy (non-hydrogen) atoms. The molecule has 1 amide bonds. The van der Waals surface area contributed by atoms with Gasteiger partial charge in [-0.25, -0.2) is 4.39 Å². The number of ether oxygens (including phenoxy) is 1. The van der Waals surface area contributed by atoms with Crippen LogP contribution in [0.25, 0.3) is 0 Å². The summed E-state index contributed by atoms with van der Waals surface area (Å²) in [5.74, 6) is 0.738. The van der Waals surface area contributed by atoms with E-state index in [0.717, 1.165) is 25.9 Å². The van der Waals surface area contributed by atoms with E-state index in [4.69, 9.17) is 4.74 Å². The lowest BCUT2D eigenvalue weighted by Gasteiger charge is -2.32. The van der Waals surface area contributed by atoms with Crippen LogP contribution in [-0.2, 0) is 11.8 Å². The van der Waals surface area contributed by atoms with Crippen LogP contribution in [0.1, 0.15) is 12.8 Å². The summed E-state index contributed by atoms with van der Waals surface area (Å²) in [6.45, 7) is 2.67. The number of hydrogen-bond donors (Lipinski definition) is 1. The first kappa shape index (κ1) is 17.4. The van der Waals surface area contributed by atoms with Crippen molar-refractivity contribution in [2.75, 3.05) is 31.6 Å². The molecule has 0 spiro atoms. The quantitative estimate of drug-likeness (QED) is 0.872. The molecule has 2 aromatic rings. The number of rotatable bonds is 6. The molecule has 1 unspecified atom stereocenters. The minimum absolute atomic E-state index is 0.0342. The zero-order chi connectivity index (χ0) is 17.6. The fraction of sp³-hybridized carbons (Fsp3) is 0.444.